The molecule has 11 heteroatoms. The lowest BCUT2D eigenvalue weighted by molar-refractivity contribution is -0.121. The van der Waals surface area contributed by atoms with Crippen LogP contribution in [0.4, 0.5) is 5.69 Å². The standard InChI is InChI=1S/C36H38ClN5O5/c1-20-23(11-8-14-27(20)39-33(44)26-19-41(2)36(46)42(3)35(26)45)24-12-7-13-25(32(24)37)29-17-22-15-16-28(31(22)34(40-29)47-4)38-18-30(43)21-9-5-6-10-21/h7-8,11-14,17,19,21,28,38H,5-6,9-10,15-16,18H2,1-4H3,(H,39,44). The Bertz CT molecular complexity index is 2010. The van der Waals surface area contributed by atoms with Crippen LogP contribution in [0.3, 0.4) is 0 Å². The second kappa shape index (κ2) is 13.3. The van der Waals surface area contributed by atoms with Crippen molar-refractivity contribution in [3.63, 3.8) is 0 Å². The molecule has 1 unspecified atom stereocenters. The fourth-order valence-electron chi connectivity index (χ4n) is 6.87. The minimum atomic E-state index is -0.674. The smallest absolute Gasteiger partial charge is 0.330 e. The lowest BCUT2D eigenvalue weighted by Crippen LogP contribution is -2.40. The molecule has 2 N–H and O–H groups in total. The van der Waals surface area contributed by atoms with Gasteiger partial charge in [0.15, 0.2) is 0 Å². The van der Waals surface area contributed by atoms with Gasteiger partial charge in [-0.3, -0.25) is 19.0 Å². The van der Waals surface area contributed by atoms with Gasteiger partial charge in [-0.2, -0.15) is 0 Å². The highest BCUT2D eigenvalue weighted by molar-refractivity contribution is 6.36. The summed E-state index contributed by atoms with van der Waals surface area (Å²) in [5.41, 5.74) is 5.00. The number of hydrogen-bond donors (Lipinski definition) is 2. The number of benzene rings is 2. The van der Waals surface area contributed by atoms with Gasteiger partial charge in [0.05, 0.1) is 24.4 Å². The number of aryl methyl sites for hydroxylation is 2. The first-order chi connectivity index (χ1) is 22.6. The van der Waals surface area contributed by atoms with Crippen LogP contribution < -0.4 is 26.6 Å². The quantitative estimate of drug-likeness (QED) is 0.248. The van der Waals surface area contributed by atoms with E-state index in [1.54, 1.807) is 19.2 Å². The number of aromatic nitrogens is 3. The molecule has 2 aromatic heterocycles. The van der Waals surface area contributed by atoms with Gasteiger partial charge in [-0.25, -0.2) is 9.78 Å². The number of ketones is 1. The number of halogens is 1. The molecule has 1 saturated carbocycles. The molecule has 47 heavy (non-hydrogen) atoms. The zero-order valence-corrected chi connectivity index (χ0v) is 27.7. The van der Waals surface area contributed by atoms with Crippen molar-refractivity contribution in [3.8, 4) is 28.3 Å². The number of fused-ring (bicyclic) bond motifs is 1. The summed E-state index contributed by atoms with van der Waals surface area (Å²) in [6.07, 6.45) is 7.17. The number of anilines is 1. The number of methoxy groups -OCH3 is 1. The van der Waals surface area contributed by atoms with Gasteiger partial charge in [0.2, 0.25) is 5.88 Å². The molecule has 1 atom stereocenters. The summed E-state index contributed by atoms with van der Waals surface area (Å²) < 4.78 is 7.89. The fraction of sp³-hybridized carbons (Fsp3) is 0.361. The van der Waals surface area contributed by atoms with Gasteiger partial charge in [-0.15, -0.1) is 0 Å². The van der Waals surface area contributed by atoms with Gasteiger partial charge in [-0.05, 0) is 61.4 Å². The molecule has 2 aliphatic carbocycles. The van der Waals surface area contributed by atoms with E-state index in [2.05, 4.69) is 16.7 Å². The molecule has 1 amide bonds. The first-order valence-corrected chi connectivity index (χ1v) is 16.3. The Morgan fingerprint density at radius 3 is 2.47 bits per heavy atom. The number of amides is 1. The number of ether oxygens (including phenoxy) is 1. The van der Waals surface area contributed by atoms with E-state index in [-0.39, 0.29) is 17.5 Å². The fourth-order valence-corrected chi connectivity index (χ4v) is 7.20. The van der Waals surface area contributed by atoms with Crippen LogP contribution in [0.1, 0.15) is 65.2 Å². The van der Waals surface area contributed by atoms with Gasteiger partial charge in [0, 0.05) is 54.6 Å². The van der Waals surface area contributed by atoms with Crippen LogP contribution in [0.2, 0.25) is 5.02 Å². The number of Topliss-reactive ketones (excluding diaryl/α,β-unsaturated/α-hetero) is 1. The topological polar surface area (TPSA) is 124 Å². The van der Waals surface area contributed by atoms with Crippen LogP contribution in [0.5, 0.6) is 5.88 Å². The summed E-state index contributed by atoms with van der Waals surface area (Å²) in [6, 6.07) is 13.3. The average molecular weight is 656 g/mol. The number of nitrogens with zero attached hydrogens (tertiary/aromatic N) is 3. The molecule has 244 valence electrons. The van der Waals surface area contributed by atoms with Gasteiger partial charge in [0.1, 0.15) is 11.3 Å². The number of carbonyl (C=O) groups is 2. The Hall–Kier alpha value is -4.54. The predicted octanol–water partition coefficient (Wildman–Crippen LogP) is 5.37. The van der Waals surface area contributed by atoms with Crippen LogP contribution in [0, 0.1) is 12.8 Å². The SMILES string of the molecule is COc1nc(-c2cccc(-c3cccc(NC(=O)c4cn(C)c(=O)n(C)c4=O)c3C)c2Cl)cc2c1C(NCC(=O)C1CCCC1)CC2. The Labute approximate surface area is 277 Å². The van der Waals surface area contributed by atoms with Crippen molar-refractivity contribution in [1.29, 1.82) is 0 Å². The van der Waals surface area contributed by atoms with E-state index in [4.69, 9.17) is 21.3 Å². The van der Waals surface area contributed by atoms with Gasteiger partial charge >= 0.3 is 5.69 Å². The number of rotatable bonds is 9. The van der Waals surface area contributed by atoms with Crippen molar-refractivity contribution < 1.29 is 14.3 Å². The highest BCUT2D eigenvalue weighted by atomic mass is 35.5. The minimum Gasteiger partial charge on any atom is -0.481 e. The summed E-state index contributed by atoms with van der Waals surface area (Å²) in [5.74, 6) is 0.368. The van der Waals surface area contributed by atoms with E-state index < -0.39 is 17.2 Å². The Balaban J connectivity index is 1.28. The van der Waals surface area contributed by atoms with E-state index in [9.17, 15) is 19.2 Å². The van der Waals surface area contributed by atoms with E-state index in [0.717, 1.165) is 76.5 Å². The van der Waals surface area contributed by atoms with Gasteiger partial charge in [-0.1, -0.05) is 54.8 Å². The van der Waals surface area contributed by atoms with Crippen molar-refractivity contribution in [2.45, 2.75) is 51.5 Å². The number of carbonyl (C=O) groups excluding carboxylic acids is 2. The van der Waals surface area contributed by atoms with Crippen LogP contribution in [0.15, 0.2) is 58.3 Å². The number of pyridine rings is 1. The molecule has 2 aliphatic rings. The van der Waals surface area contributed by atoms with Gasteiger partial charge < -0.3 is 19.9 Å². The van der Waals surface area contributed by atoms with E-state index in [1.807, 2.05) is 31.2 Å². The molecule has 10 nitrogen and oxygen atoms in total. The highest BCUT2D eigenvalue weighted by Gasteiger charge is 2.30. The van der Waals surface area contributed by atoms with E-state index >= 15 is 0 Å². The maximum Gasteiger partial charge on any atom is 0.330 e. The first kappa shape index (κ1) is 32.4. The van der Waals surface area contributed by atoms with E-state index in [1.165, 1.54) is 24.9 Å². The summed E-state index contributed by atoms with van der Waals surface area (Å²) in [7, 11) is 4.43. The molecule has 0 bridgehead atoms. The Morgan fingerprint density at radius 1 is 1.02 bits per heavy atom. The second-order valence-electron chi connectivity index (χ2n) is 12.4. The minimum absolute atomic E-state index is 0.00443. The van der Waals surface area contributed by atoms with Crippen LogP contribution in [0.25, 0.3) is 22.4 Å². The molecule has 1 fully saturated rings. The highest BCUT2D eigenvalue weighted by Crippen LogP contribution is 2.43. The third kappa shape index (κ3) is 6.15. The second-order valence-corrected chi connectivity index (χ2v) is 12.8. The van der Waals surface area contributed by atoms with Crippen LogP contribution in [-0.4, -0.2) is 39.5 Å². The molecule has 2 heterocycles. The first-order valence-electron chi connectivity index (χ1n) is 15.9. The monoisotopic (exact) mass is 655 g/mol. The molecule has 0 aliphatic heterocycles. The third-order valence-electron chi connectivity index (χ3n) is 9.52. The molecular weight excluding hydrogens is 618 g/mol. The molecule has 4 aromatic rings. The molecule has 0 radical (unpaired) electrons. The summed E-state index contributed by atoms with van der Waals surface area (Å²) in [5, 5.41) is 6.80. The van der Waals surface area contributed by atoms with Crippen molar-refractivity contribution >= 4 is 29.0 Å². The zero-order chi connectivity index (χ0) is 33.4. The number of hydrogen-bond acceptors (Lipinski definition) is 7. The van der Waals surface area contributed by atoms with Crippen molar-refractivity contribution in [1.82, 2.24) is 19.4 Å². The zero-order valence-electron chi connectivity index (χ0n) is 27.0. The van der Waals surface area contributed by atoms with Gasteiger partial charge in [0.25, 0.3) is 11.5 Å². The molecule has 0 saturated heterocycles. The number of nitrogens with one attached hydrogen (secondary N) is 2. The Kier molecular flexibility index (Phi) is 9.16. The lowest BCUT2D eigenvalue weighted by atomic mass is 9.96. The maximum absolute atomic E-state index is 13.2. The summed E-state index contributed by atoms with van der Waals surface area (Å²) in [6.45, 7) is 2.22. The normalized spacial score (nSPS) is 15.9. The largest absolute Gasteiger partial charge is 0.481 e. The Morgan fingerprint density at radius 2 is 1.72 bits per heavy atom. The van der Waals surface area contributed by atoms with Crippen LogP contribution in [-0.2, 0) is 25.3 Å². The molecule has 2 aromatic carbocycles. The van der Waals surface area contributed by atoms with Crippen molar-refractivity contribution in [2.24, 2.45) is 20.0 Å². The predicted molar refractivity (Wildman–Crippen MR) is 182 cm³/mol. The molecule has 0 spiro atoms. The van der Waals surface area contributed by atoms with E-state index in [0.29, 0.717) is 34.6 Å². The lowest BCUT2D eigenvalue weighted by Gasteiger charge is -2.19. The summed E-state index contributed by atoms with van der Waals surface area (Å²) >= 11 is 7.10. The van der Waals surface area contributed by atoms with Crippen LogP contribution >= 0.6 is 11.6 Å². The third-order valence-corrected chi connectivity index (χ3v) is 9.93. The molecular formula is C36H38ClN5O5. The molecule has 6 rings (SSSR count). The van der Waals surface area contributed by atoms with Crippen molar-refractivity contribution in [2.75, 3.05) is 19.0 Å². The average Bonchev–Trinajstić information content (AvgIpc) is 3.76. The van der Waals surface area contributed by atoms with Crippen molar-refractivity contribution in [3.05, 3.63) is 96.8 Å². The maximum atomic E-state index is 13.2. The summed E-state index contributed by atoms with van der Waals surface area (Å²) in [4.78, 5) is 55.5.